The zero-order valence-corrected chi connectivity index (χ0v) is 12.4. The van der Waals surface area contributed by atoms with E-state index in [1.807, 2.05) is 18.2 Å². The number of nitro groups is 1. The monoisotopic (exact) mass is 316 g/mol. The van der Waals surface area contributed by atoms with Crippen molar-refractivity contribution in [2.45, 2.75) is 6.04 Å². The van der Waals surface area contributed by atoms with Gasteiger partial charge in [-0.3, -0.25) is 14.9 Å². The third-order valence-corrected chi connectivity index (χ3v) is 3.32. The first-order chi connectivity index (χ1) is 11.0. The average Bonchev–Trinajstić information content (AvgIpc) is 2.55. The van der Waals surface area contributed by atoms with E-state index in [0.29, 0.717) is 5.56 Å². The average molecular weight is 316 g/mol. The lowest BCUT2D eigenvalue weighted by Gasteiger charge is -2.15. The number of rotatable bonds is 7. The lowest BCUT2D eigenvalue weighted by molar-refractivity contribution is -0.385. The number of aliphatic carboxylic acids is 1. The Morgan fingerprint density at radius 2 is 1.96 bits per heavy atom. The fourth-order valence-corrected chi connectivity index (χ4v) is 2.11. The molecule has 0 amide bonds. The predicted molar refractivity (Wildman–Crippen MR) is 84.5 cm³/mol. The number of hydrogen-bond acceptors (Lipinski definition) is 5. The van der Waals surface area contributed by atoms with Gasteiger partial charge in [-0.25, -0.2) is 0 Å². The maximum absolute atomic E-state index is 11.2. The van der Waals surface area contributed by atoms with Crippen LogP contribution in [0, 0.1) is 10.1 Å². The normalized spacial score (nSPS) is 11.7. The molecule has 0 aliphatic heterocycles. The topological polar surface area (TPSA) is 102 Å². The molecule has 0 aliphatic rings. The molecule has 0 saturated heterocycles. The van der Waals surface area contributed by atoms with E-state index in [4.69, 9.17) is 9.84 Å². The summed E-state index contributed by atoms with van der Waals surface area (Å²) >= 11 is 0. The second-order valence-electron chi connectivity index (χ2n) is 4.77. The van der Waals surface area contributed by atoms with Gasteiger partial charge in [-0.15, -0.1) is 0 Å². The van der Waals surface area contributed by atoms with Gasteiger partial charge in [-0.2, -0.15) is 0 Å². The number of nitrogens with zero attached hydrogens (tertiary/aromatic N) is 1. The van der Waals surface area contributed by atoms with Crippen LogP contribution in [0.4, 0.5) is 5.69 Å². The van der Waals surface area contributed by atoms with E-state index in [1.54, 1.807) is 24.3 Å². The van der Waals surface area contributed by atoms with E-state index in [0.717, 1.165) is 5.56 Å². The molecule has 0 aromatic heterocycles. The van der Waals surface area contributed by atoms with Crippen molar-refractivity contribution in [2.24, 2.45) is 0 Å². The molecule has 2 rings (SSSR count). The number of nitro benzene ring substituents is 1. The molecule has 7 nitrogen and oxygen atoms in total. The predicted octanol–water partition coefficient (Wildman–Crippen LogP) is 2.31. The summed E-state index contributed by atoms with van der Waals surface area (Å²) in [5.74, 6) is -1.03. The number of nitrogens with one attached hydrogen (secondary N) is 1. The highest BCUT2D eigenvalue weighted by molar-refractivity contribution is 5.76. The minimum absolute atomic E-state index is 0.0604. The summed E-state index contributed by atoms with van der Waals surface area (Å²) in [6.07, 6.45) is 0. The van der Waals surface area contributed by atoms with Gasteiger partial charge in [0.2, 0.25) is 5.75 Å². The minimum atomic E-state index is -1.09. The molecule has 0 heterocycles. The van der Waals surface area contributed by atoms with Crippen LogP contribution in [0.2, 0.25) is 0 Å². The number of ether oxygens (including phenoxy) is 1. The molecule has 2 aromatic carbocycles. The summed E-state index contributed by atoms with van der Waals surface area (Å²) in [4.78, 5) is 21.8. The van der Waals surface area contributed by atoms with Crippen LogP contribution < -0.4 is 10.1 Å². The van der Waals surface area contributed by atoms with E-state index in [9.17, 15) is 14.9 Å². The van der Waals surface area contributed by atoms with Crippen molar-refractivity contribution in [2.75, 3.05) is 13.7 Å². The number of carbonyl (C=O) groups is 1. The van der Waals surface area contributed by atoms with Crippen LogP contribution in [0.1, 0.15) is 0 Å². The second kappa shape index (κ2) is 7.37. The first-order valence-corrected chi connectivity index (χ1v) is 6.90. The van der Waals surface area contributed by atoms with Gasteiger partial charge in [-0.05, 0) is 12.6 Å². The Balaban J connectivity index is 2.42. The SMILES string of the molecule is CN[C@@H](COc1c(-c2ccccc2)cccc1[N+](=O)[O-])C(=O)O. The van der Waals surface area contributed by atoms with E-state index in [1.165, 1.54) is 13.1 Å². The highest BCUT2D eigenvalue weighted by Gasteiger charge is 2.23. The van der Waals surface area contributed by atoms with Crippen LogP contribution in [-0.4, -0.2) is 35.7 Å². The summed E-state index contributed by atoms with van der Waals surface area (Å²) in [7, 11) is 1.49. The molecule has 7 heteroatoms. The lowest BCUT2D eigenvalue weighted by Crippen LogP contribution is -2.39. The largest absolute Gasteiger partial charge is 0.484 e. The molecule has 0 saturated carbocycles. The smallest absolute Gasteiger partial charge is 0.324 e. The lowest BCUT2D eigenvalue weighted by atomic mass is 10.0. The number of likely N-dealkylation sites (N-methyl/N-ethyl adjacent to an activating group) is 1. The molecule has 0 unspecified atom stereocenters. The highest BCUT2D eigenvalue weighted by atomic mass is 16.6. The van der Waals surface area contributed by atoms with Crippen molar-refractivity contribution in [3.8, 4) is 16.9 Å². The molecule has 2 N–H and O–H groups in total. The molecular weight excluding hydrogens is 300 g/mol. The van der Waals surface area contributed by atoms with Gasteiger partial charge in [0.15, 0.2) is 0 Å². The number of para-hydroxylation sites is 1. The third-order valence-electron chi connectivity index (χ3n) is 3.32. The van der Waals surface area contributed by atoms with Crippen LogP contribution in [0.5, 0.6) is 5.75 Å². The maximum Gasteiger partial charge on any atom is 0.324 e. The molecule has 0 bridgehead atoms. The fourth-order valence-electron chi connectivity index (χ4n) is 2.11. The van der Waals surface area contributed by atoms with Crippen molar-refractivity contribution in [3.63, 3.8) is 0 Å². The minimum Gasteiger partial charge on any atom is -0.484 e. The van der Waals surface area contributed by atoms with E-state index in [2.05, 4.69) is 5.32 Å². The number of carboxylic acids is 1. The Labute approximate surface area is 132 Å². The molecule has 23 heavy (non-hydrogen) atoms. The van der Waals surface area contributed by atoms with Crippen LogP contribution in [-0.2, 0) is 4.79 Å². The first kappa shape index (κ1) is 16.4. The Bertz CT molecular complexity index is 703. The molecule has 120 valence electrons. The van der Waals surface area contributed by atoms with Gasteiger partial charge in [0.25, 0.3) is 0 Å². The maximum atomic E-state index is 11.2. The third kappa shape index (κ3) is 3.83. The van der Waals surface area contributed by atoms with E-state index < -0.39 is 16.9 Å². The van der Waals surface area contributed by atoms with Crippen molar-refractivity contribution in [1.82, 2.24) is 5.32 Å². The van der Waals surface area contributed by atoms with Gasteiger partial charge in [0, 0.05) is 11.6 Å². The van der Waals surface area contributed by atoms with Gasteiger partial charge in [0.05, 0.1) is 4.92 Å². The summed E-state index contributed by atoms with van der Waals surface area (Å²) < 4.78 is 5.51. The first-order valence-electron chi connectivity index (χ1n) is 6.90. The quantitative estimate of drug-likeness (QED) is 0.600. The van der Waals surface area contributed by atoms with Gasteiger partial charge in [0.1, 0.15) is 12.6 Å². The fraction of sp³-hybridized carbons (Fsp3) is 0.188. The Kier molecular flexibility index (Phi) is 5.27. The summed E-state index contributed by atoms with van der Waals surface area (Å²) in [6, 6.07) is 12.7. The molecular formula is C16H16N2O5. The van der Waals surface area contributed by atoms with Crippen molar-refractivity contribution >= 4 is 11.7 Å². The number of benzene rings is 2. The van der Waals surface area contributed by atoms with Crippen molar-refractivity contribution in [3.05, 3.63) is 58.6 Å². The number of carboxylic acid groups (broad SMARTS) is 1. The van der Waals surface area contributed by atoms with Gasteiger partial charge >= 0.3 is 11.7 Å². The molecule has 0 aliphatic carbocycles. The Morgan fingerprint density at radius 1 is 1.26 bits per heavy atom. The molecule has 1 atom stereocenters. The summed E-state index contributed by atoms with van der Waals surface area (Å²) in [5, 5.41) is 22.9. The highest BCUT2D eigenvalue weighted by Crippen LogP contribution is 2.37. The summed E-state index contributed by atoms with van der Waals surface area (Å²) in [5.41, 5.74) is 1.09. The zero-order valence-electron chi connectivity index (χ0n) is 12.4. The van der Waals surface area contributed by atoms with Gasteiger partial charge < -0.3 is 15.2 Å². The molecule has 2 aromatic rings. The second-order valence-corrected chi connectivity index (χ2v) is 4.77. The molecule has 0 spiro atoms. The Hall–Kier alpha value is -2.93. The zero-order chi connectivity index (χ0) is 16.8. The number of hydrogen-bond donors (Lipinski definition) is 2. The van der Waals surface area contributed by atoms with E-state index in [-0.39, 0.29) is 18.0 Å². The summed E-state index contributed by atoms with van der Waals surface area (Å²) in [6.45, 7) is -0.226. The van der Waals surface area contributed by atoms with Gasteiger partial charge in [-0.1, -0.05) is 42.5 Å². The van der Waals surface area contributed by atoms with Crippen molar-refractivity contribution < 1.29 is 19.6 Å². The standard InChI is InChI=1S/C16H16N2O5/c1-17-13(16(19)20)10-23-15-12(11-6-3-2-4-7-11)8-5-9-14(15)18(21)22/h2-9,13,17H,10H2,1H3,(H,19,20)/t13-/m0/s1. The van der Waals surface area contributed by atoms with Crippen LogP contribution in [0.25, 0.3) is 11.1 Å². The van der Waals surface area contributed by atoms with Crippen LogP contribution in [0.3, 0.4) is 0 Å². The van der Waals surface area contributed by atoms with Crippen LogP contribution >= 0.6 is 0 Å². The van der Waals surface area contributed by atoms with E-state index >= 15 is 0 Å². The molecule has 0 radical (unpaired) electrons. The van der Waals surface area contributed by atoms with Crippen LogP contribution in [0.15, 0.2) is 48.5 Å². The molecule has 0 fully saturated rings. The Morgan fingerprint density at radius 3 is 2.52 bits per heavy atom. The van der Waals surface area contributed by atoms with Crippen molar-refractivity contribution in [1.29, 1.82) is 0 Å².